The fraction of sp³-hybridized carbons (Fsp3) is 0.513. The highest BCUT2D eigenvalue weighted by Gasteiger charge is 2.21. The minimum Gasteiger partial charge on any atom is -0.507 e. The molecule has 3 aromatic rings. The normalized spacial score (nSPS) is 11.1. The minimum absolute atomic E-state index is 0.0796. The molecule has 1 heterocycles. The molecule has 0 radical (unpaired) electrons. The number of nitrogens with zero attached hydrogens (tertiary/aromatic N) is 1. The Kier molecular flexibility index (Phi) is 15.8. The van der Waals surface area contributed by atoms with Gasteiger partial charge >= 0.3 is 0 Å². The van der Waals surface area contributed by atoms with Crippen molar-refractivity contribution in [3.63, 3.8) is 0 Å². The molecule has 2 aromatic carbocycles. The number of allylic oxidation sites excluding steroid dienone is 2. The van der Waals surface area contributed by atoms with Crippen molar-refractivity contribution in [2.75, 3.05) is 39.5 Å². The van der Waals surface area contributed by atoms with E-state index in [-0.39, 0.29) is 22.5 Å². The van der Waals surface area contributed by atoms with Crippen LogP contribution in [0.15, 0.2) is 68.9 Å². The molecule has 0 saturated heterocycles. The first-order valence-corrected chi connectivity index (χ1v) is 17.0. The molecule has 0 atom stereocenters. The maximum absolute atomic E-state index is 13.8. The third-order valence-electron chi connectivity index (χ3n) is 8.02. The van der Waals surface area contributed by atoms with Crippen molar-refractivity contribution in [3.05, 3.63) is 69.9 Å². The van der Waals surface area contributed by atoms with Crippen molar-refractivity contribution in [1.29, 1.82) is 0 Å². The Labute approximate surface area is 275 Å². The van der Waals surface area contributed by atoms with Crippen LogP contribution < -0.4 is 19.6 Å². The van der Waals surface area contributed by atoms with Gasteiger partial charge in [-0.3, -0.25) is 4.79 Å². The lowest BCUT2D eigenvalue weighted by Crippen LogP contribution is -2.23. The van der Waals surface area contributed by atoms with Gasteiger partial charge in [0.25, 0.3) is 0 Å². The van der Waals surface area contributed by atoms with Gasteiger partial charge in [0.05, 0.1) is 6.61 Å². The second kappa shape index (κ2) is 19.7. The van der Waals surface area contributed by atoms with Crippen molar-refractivity contribution in [1.82, 2.24) is 4.90 Å². The van der Waals surface area contributed by atoms with Gasteiger partial charge in [0.2, 0.25) is 11.2 Å². The molecule has 46 heavy (non-hydrogen) atoms. The molecule has 0 aliphatic carbocycles. The highest BCUT2D eigenvalue weighted by atomic mass is 16.5. The molecule has 7 heteroatoms. The second-order valence-electron chi connectivity index (χ2n) is 12.3. The Bertz CT molecular complexity index is 1460. The molecule has 1 N–H and O–H groups in total. The van der Waals surface area contributed by atoms with E-state index in [0.717, 1.165) is 37.9 Å². The molecular formula is C39H55NO6. The van der Waals surface area contributed by atoms with Crippen molar-refractivity contribution >= 4 is 11.0 Å². The van der Waals surface area contributed by atoms with E-state index in [1.165, 1.54) is 50.3 Å². The maximum atomic E-state index is 13.8. The number of aromatic hydroxyl groups is 1. The summed E-state index contributed by atoms with van der Waals surface area (Å²) in [6, 6.07) is 10.5. The van der Waals surface area contributed by atoms with Gasteiger partial charge in [0, 0.05) is 17.7 Å². The van der Waals surface area contributed by atoms with E-state index in [0.29, 0.717) is 42.6 Å². The van der Waals surface area contributed by atoms with Crippen LogP contribution in [0.3, 0.4) is 0 Å². The topological polar surface area (TPSA) is 81.4 Å². The number of ether oxygens (including phenoxy) is 3. The summed E-state index contributed by atoms with van der Waals surface area (Å²) in [5.74, 6) is 1.35. The molecule has 0 fully saturated rings. The quantitative estimate of drug-likeness (QED) is 0.0924. The molecule has 0 saturated carbocycles. The van der Waals surface area contributed by atoms with E-state index < -0.39 is 5.43 Å². The number of benzene rings is 2. The molecule has 1 aromatic heterocycles. The molecule has 0 unspecified atom stereocenters. The van der Waals surface area contributed by atoms with Gasteiger partial charge in [-0.25, -0.2) is 0 Å². The van der Waals surface area contributed by atoms with Crippen LogP contribution >= 0.6 is 0 Å². The van der Waals surface area contributed by atoms with E-state index in [2.05, 4.69) is 18.7 Å². The van der Waals surface area contributed by atoms with E-state index >= 15 is 0 Å². The summed E-state index contributed by atoms with van der Waals surface area (Å²) in [5.41, 5.74) is 2.82. The molecule has 0 aliphatic rings. The number of unbranched alkanes of at least 4 members (excludes halogenated alkanes) is 7. The summed E-state index contributed by atoms with van der Waals surface area (Å²) in [6.45, 7) is 17.2. The van der Waals surface area contributed by atoms with Gasteiger partial charge in [-0.2, -0.15) is 0 Å². The van der Waals surface area contributed by atoms with E-state index in [4.69, 9.17) is 18.6 Å². The summed E-state index contributed by atoms with van der Waals surface area (Å²) in [7, 11) is 0. The maximum Gasteiger partial charge on any atom is 0.239 e. The zero-order chi connectivity index (χ0) is 33.3. The van der Waals surface area contributed by atoms with Gasteiger partial charge in [0.1, 0.15) is 41.4 Å². The minimum atomic E-state index is -0.404. The van der Waals surface area contributed by atoms with Crippen LogP contribution in [0.2, 0.25) is 0 Å². The summed E-state index contributed by atoms with van der Waals surface area (Å²) < 4.78 is 24.0. The predicted octanol–water partition coefficient (Wildman–Crippen LogP) is 9.70. The van der Waals surface area contributed by atoms with Gasteiger partial charge in [0.15, 0.2) is 5.76 Å². The van der Waals surface area contributed by atoms with Crippen molar-refractivity contribution < 1.29 is 23.7 Å². The van der Waals surface area contributed by atoms with Crippen LogP contribution in [-0.2, 0) is 0 Å². The highest BCUT2D eigenvalue weighted by molar-refractivity contribution is 5.88. The predicted molar refractivity (Wildman–Crippen MR) is 190 cm³/mol. The Morgan fingerprint density at radius 2 is 1.33 bits per heavy atom. The van der Waals surface area contributed by atoms with Gasteiger partial charge in [-0.05, 0) is 96.6 Å². The second-order valence-corrected chi connectivity index (χ2v) is 12.3. The van der Waals surface area contributed by atoms with Gasteiger partial charge in [-0.15, -0.1) is 0 Å². The SMILES string of the molecule is CCN(CC)CCCCCCCCCCOc1c(-c2ccc(OCC=C(C)C)cc2)oc2cc(OCC=C(C)C)cc(O)c2c1=O. The first-order valence-electron chi connectivity index (χ1n) is 17.0. The summed E-state index contributed by atoms with van der Waals surface area (Å²) in [4.78, 5) is 16.3. The lowest BCUT2D eigenvalue weighted by atomic mass is 10.1. The highest BCUT2D eigenvalue weighted by Crippen LogP contribution is 2.36. The standard InChI is InChI=1S/C39H55NO6/c1-7-40(8-2)23-15-13-11-9-10-12-14-16-24-45-39-37(42)36-34(41)27-33(44-26-22-30(5)6)28-35(36)46-38(39)31-17-19-32(20-18-31)43-25-21-29(3)4/h17-22,27-28,41H,7-16,23-26H2,1-6H3. The molecule has 0 bridgehead atoms. The molecule has 7 nitrogen and oxygen atoms in total. The van der Waals surface area contributed by atoms with Crippen molar-refractivity contribution in [2.24, 2.45) is 0 Å². The molecule has 0 amide bonds. The van der Waals surface area contributed by atoms with E-state index in [9.17, 15) is 9.90 Å². The monoisotopic (exact) mass is 633 g/mol. The summed E-state index contributed by atoms with van der Waals surface area (Å²) >= 11 is 0. The zero-order valence-electron chi connectivity index (χ0n) is 29.0. The number of fused-ring (bicyclic) bond motifs is 1. The molecular weight excluding hydrogens is 578 g/mol. The Morgan fingerprint density at radius 3 is 1.91 bits per heavy atom. The van der Waals surface area contributed by atoms with Crippen LogP contribution in [0.5, 0.6) is 23.0 Å². The third kappa shape index (κ3) is 11.9. The van der Waals surface area contributed by atoms with Crippen molar-refractivity contribution in [3.8, 4) is 34.3 Å². The van der Waals surface area contributed by atoms with Crippen LogP contribution in [0, 0.1) is 0 Å². The van der Waals surface area contributed by atoms with E-state index in [1.54, 1.807) is 6.07 Å². The third-order valence-corrected chi connectivity index (χ3v) is 8.02. The largest absolute Gasteiger partial charge is 0.507 e. The average molecular weight is 634 g/mol. The van der Waals surface area contributed by atoms with Crippen LogP contribution in [-0.4, -0.2) is 49.5 Å². The van der Waals surface area contributed by atoms with Gasteiger partial charge < -0.3 is 28.6 Å². The fourth-order valence-corrected chi connectivity index (χ4v) is 5.19. The molecule has 0 aliphatic heterocycles. The zero-order valence-corrected chi connectivity index (χ0v) is 29.0. The van der Waals surface area contributed by atoms with Crippen molar-refractivity contribution in [2.45, 2.75) is 92.9 Å². The number of hydrogen-bond acceptors (Lipinski definition) is 7. The molecule has 0 spiro atoms. The van der Waals surface area contributed by atoms with E-state index in [1.807, 2.05) is 64.1 Å². The number of rotatable bonds is 21. The molecule has 252 valence electrons. The number of phenols is 1. The van der Waals surface area contributed by atoms with Crippen LogP contribution in [0.4, 0.5) is 0 Å². The summed E-state index contributed by atoms with van der Waals surface area (Å²) in [6.07, 6.45) is 13.3. The lowest BCUT2D eigenvalue weighted by Gasteiger charge is -2.17. The smallest absolute Gasteiger partial charge is 0.239 e. The number of hydrogen-bond donors (Lipinski definition) is 1. The Balaban J connectivity index is 1.70. The molecule has 3 rings (SSSR count). The lowest BCUT2D eigenvalue weighted by molar-refractivity contribution is 0.293. The van der Waals surface area contributed by atoms with Gasteiger partial charge in [-0.1, -0.05) is 63.5 Å². The van der Waals surface area contributed by atoms with Crippen LogP contribution in [0.1, 0.15) is 92.9 Å². The first-order chi connectivity index (χ1) is 22.2. The van der Waals surface area contributed by atoms with Crippen LogP contribution in [0.25, 0.3) is 22.3 Å². The fourth-order valence-electron chi connectivity index (χ4n) is 5.19. The summed E-state index contributed by atoms with van der Waals surface area (Å²) in [5, 5.41) is 10.9. The Hall–Kier alpha value is -3.71. The average Bonchev–Trinajstić information content (AvgIpc) is 3.02. The number of phenolic OH excluding ortho intramolecular Hbond substituents is 1. The first kappa shape index (κ1) is 36.8. The Morgan fingerprint density at radius 1 is 0.761 bits per heavy atom.